The van der Waals surface area contributed by atoms with Crippen molar-refractivity contribution in [3.05, 3.63) is 66.2 Å². The van der Waals surface area contributed by atoms with Crippen molar-refractivity contribution in [3.63, 3.8) is 0 Å². The molecule has 0 spiro atoms. The van der Waals surface area contributed by atoms with Crippen molar-refractivity contribution in [1.29, 1.82) is 0 Å². The lowest BCUT2D eigenvalue weighted by Gasteiger charge is -2.35. The average Bonchev–Trinajstić information content (AvgIpc) is 3.60. The number of amides is 2. The van der Waals surface area contributed by atoms with E-state index in [0.29, 0.717) is 46.1 Å². The molecule has 1 N–H and O–H groups in total. The van der Waals surface area contributed by atoms with E-state index in [2.05, 4.69) is 15.6 Å². The van der Waals surface area contributed by atoms with Gasteiger partial charge in [0.25, 0.3) is 5.91 Å². The molecule has 2 heterocycles. The Bertz CT molecular complexity index is 1970. The summed E-state index contributed by atoms with van der Waals surface area (Å²) in [6.45, 7) is 4.08. The molecule has 0 bridgehead atoms. The molecule has 278 valence electrons. The van der Waals surface area contributed by atoms with E-state index >= 15 is 4.79 Å². The molecule has 2 aliphatic rings. The molecule has 52 heavy (non-hydrogen) atoms. The summed E-state index contributed by atoms with van der Waals surface area (Å²) in [5.74, 6) is 0.0961. The number of nitrogens with one attached hydrogen (secondary N) is 1. The number of benzene rings is 3. The molecule has 1 saturated carbocycles. The minimum absolute atomic E-state index is 0.0709. The second kappa shape index (κ2) is 15.9. The van der Waals surface area contributed by atoms with Gasteiger partial charge in [-0.05, 0) is 93.6 Å². The van der Waals surface area contributed by atoms with E-state index in [9.17, 15) is 13.2 Å². The van der Waals surface area contributed by atoms with Crippen LogP contribution in [-0.2, 0) is 19.6 Å². The van der Waals surface area contributed by atoms with E-state index in [4.69, 9.17) is 14.2 Å². The van der Waals surface area contributed by atoms with Crippen molar-refractivity contribution in [2.75, 3.05) is 32.8 Å². The summed E-state index contributed by atoms with van der Waals surface area (Å²) in [6.07, 6.45) is 7.30. The Morgan fingerprint density at radius 1 is 0.885 bits per heavy atom. The number of aromatic nitrogens is 3. The molecule has 2 fully saturated rings. The molecule has 2 amide bonds. The fraction of sp³-hybridized carbons (Fsp3) is 0.474. The van der Waals surface area contributed by atoms with E-state index in [0.717, 1.165) is 51.4 Å². The molecule has 3 aromatic carbocycles. The molecule has 4 aromatic rings. The molecular formula is C38H48N6O7S. The van der Waals surface area contributed by atoms with Gasteiger partial charge in [-0.2, -0.15) is 4.31 Å². The van der Waals surface area contributed by atoms with Crippen LogP contribution >= 0.6 is 0 Å². The number of ether oxygens (including phenoxy) is 3. The molecule has 1 aromatic heterocycles. The number of rotatable bonds is 12. The number of methoxy groups -OCH3 is 3. The van der Waals surface area contributed by atoms with Crippen molar-refractivity contribution in [3.8, 4) is 17.2 Å². The van der Waals surface area contributed by atoms with Crippen LogP contribution in [0.4, 0.5) is 5.69 Å². The Kier molecular flexibility index (Phi) is 11.3. The number of carbonyl (C=O) groups is 2. The third-order valence-electron chi connectivity index (χ3n) is 10.3. The number of carbonyl (C=O) groups excluding carboxylic acids is 2. The predicted octanol–water partition coefficient (Wildman–Crippen LogP) is 5.80. The minimum atomic E-state index is -3.80. The molecule has 0 radical (unpaired) electrons. The number of sulfonamides is 1. The largest absolute Gasteiger partial charge is 0.493 e. The maximum absolute atomic E-state index is 15.0. The second-order valence-corrected chi connectivity index (χ2v) is 15.5. The van der Waals surface area contributed by atoms with Crippen LogP contribution in [0.1, 0.15) is 82.9 Å². The Morgan fingerprint density at radius 3 is 2.17 bits per heavy atom. The van der Waals surface area contributed by atoms with Gasteiger partial charge in [-0.3, -0.25) is 14.5 Å². The van der Waals surface area contributed by atoms with Crippen LogP contribution in [0.25, 0.3) is 11.0 Å². The van der Waals surface area contributed by atoms with Gasteiger partial charge in [-0.15, -0.1) is 5.10 Å². The summed E-state index contributed by atoms with van der Waals surface area (Å²) in [4.78, 5) is 31.3. The predicted molar refractivity (Wildman–Crippen MR) is 197 cm³/mol. The van der Waals surface area contributed by atoms with Gasteiger partial charge < -0.3 is 19.5 Å². The highest BCUT2D eigenvalue weighted by molar-refractivity contribution is 7.89. The number of piperidine rings is 1. The number of hydrogen-bond acceptors (Lipinski definition) is 9. The second-order valence-electron chi connectivity index (χ2n) is 13.6. The van der Waals surface area contributed by atoms with Crippen LogP contribution in [-0.4, -0.2) is 79.5 Å². The first-order chi connectivity index (χ1) is 25.1. The van der Waals surface area contributed by atoms with E-state index in [1.807, 2.05) is 31.2 Å². The number of fused-ring (bicyclic) bond motifs is 1. The van der Waals surface area contributed by atoms with Crippen LogP contribution in [0, 0.1) is 0 Å². The van der Waals surface area contributed by atoms with Gasteiger partial charge in [-0.25, -0.2) is 13.1 Å². The highest BCUT2D eigenvalue weighted by atomic mass is 32.2. The van der Waals surface area contributed by atoms with Crippen LogP contribution < -0.4 is 24.4 Å². The molecule has 13 nitrogen and oxygen atoms in total. The van der Waals surface area contributed by atoms with E-state index in [-0.39, 0.29) is 17.0 Å². The summed E-state index contributed by atoms with van der Waals surface area (Å²) >= 11 is 0. The fourth-order valence-electron chi connectivity index (χ4n) is 7.43. The minimum Gasteiger partial charge on any atom is -0.493 e. The SMILES string of the molecule is COc1cc([C@H](C(=O)NC2CCCCC2)N(C(=O)[C@@H](C)n2nnc3ccccc32)c2ccc(S(=O)(=O)N3CCCC[C@H]3C)cc2)cc(OC)c1OC. The maximum atomic E-state index is 15.0. The number of hydrogen-bond donors (Lipinski definition) is 1. The topological polar surface area (TPSA) is 145 Å². The molecule has 14 heteroatoms. The van der Waals surface area contributed by atoms with Crippen molar-refractivity contribution < 1.29 is 32.2 Å². The third kappa shape index (κ3) is 7.31. The van der Waals surface area contributed by atoms with E-state index < -0.39 is 33.9 Å². The Hall–Kier alpha value is -4.69. The monoisotopic (exact) mass is 732 g/mol. The first-order valence-corrected chi connectivity index (χ1v) is 19.4. The van der Waals surface area contributed by atoms with Crippen LogP contribution in [0.5, 0.6) is 17.2 Å². The molecule has 1 saturated heterocycles. The average molecular weight is 733 g/mol. The molecule has 3 atom stereocenters. The van der Waals surface area contributed by atoms with E-state index in [1.165, 1.54) is 43.0 Å². The zero-order chi connectivity index (χ0) is 37.0. The Morgan fingerprint density at radius 2 is 1.54 bits per heavy atom. The van der Waals surface area contributed by atoms with Crippen LogP contribution in [0.2, 0.25) is 0 Å². The molecule has 1 aliphatic carbocycles. The number of anilines is 1. The fourth-order valence-corrected chi connectivity index (χ4v) is 9.13. The first kappa shape index (κ1) is 37.1. The van der Waals surface area contributed by atoms with Crippen molar-refractivity contribution in [2.45, 2.75) is 94.3 Å². The van der Waals surface area contributed by atoms with Gasteiger partial charge in [0.15, 0.2) is 11.5 Å². The Balaban J connectivity index is 1.50. The van der Waals surface area contributed by atoms with Gasteiger partial charge in [0.2, 0.25) is 21.7 Å². The standard InChI is InChI=1S/C38H48N6O7S/c1-25-13-11-12-22-42(25)52(47,48)30-20-18-29(19-21-30)43(38(46)26(2)44-32-17-10-9-16-31(32)40-41-44)35(37(45)39-28-14-7-6-8-15-28)27-23-33(49-3)36(51-5)34(24-27)50-4/h9-10,16-21,23-26,28,35H,6-8,11-15,22H2,1-5H3,(H,39,45)/t25-,26-,35-/m1/s1. The summed E-state index contributed by atoms with van der Waals surface area (Å²) in [7, 11) is 0.666. The summed E-state index contributed by atoms with van der Waals surface area (Å²) in [6, 6.07) is 14.5. The van der Waals surface area contributed by atoms with Gasteiger partial charge in [-0.1, -0.05) is 43.0 Å². The van der Waals surface area contributed by atoms with Crippen molar-refractivity contribution in [1.82, 2.24) is 24.6 Å². The summed E-state index contributed by atoms with van der Waals surface area (Å²) in [5.41, 5.74) is 2.00. The van der Waals surface area contributed by atoms with E-state index in [1.54, 1.807) is 35.5 Å². The van der Waals surface area contributed by atoms with Gasteiger partial charge in [0.1, 0.15) is 17.6 Å². The van der Waals surface area contributed by atoms with Crippen molar-refractivity contribution in [2.24, 2.45) is 0 Å². The highest BCUT2D eigenvalue weighted by Gasteiger charge is 2.39. The van der Waals surface area contributed by atoms with Crippen LogP contribution in [0.3, 0.4) is 0 Å². The number of nitrogens with zero attached hydrogens (tertiary/aromatic N) is 5. The quantitative estimate of drug-likeness (QED) is 0.191. The smallest absolute Gasteiger partial charge is 0.252 e. The van der Waals surface area contributed by atoms with Gasteiger partial charge in [0.05, 0.1) is 31.7 Å². The van der Waals surface area contributed by atoms with Gasteiger partial charge >= 0.3 is 0 Å². The molecular weight excluding hydrogens is 685 g/mol. The summed E-state index contributed by atoms with van der Waals surface area (Å²) in [5, 5.41) is 11.8. The maximum Gasteiger partial charge on any atom is 0.252 e. The third-order valence-corrected chi connectivity index (χ3v) is 12.3. The zero-order valence-corrected chi connectivity index (χ0v) is 31.3. The summed E-state index contributed by atoms with van der Waals surface area (Å²) < 4.78 is 47.7. The molecule has 1 aliphatic heterocycles. The van der Waals surface area contributed by atoms with Gasteiger partial charge in [0, 0.05) is 24.3 Å². The molecule has 0 unspecified atom stereocenters. The lowest BCUT2D eigenvalue weighted by atomic mass is 9.94. The first-order valence-electron chi connectivity index (χ1n) is 17.9. The zero-order valence-electron chi connectivity index (χ0n) is 30.4. The number of para-hydroxylation sites is 1. The normalized spacial score (nSPS) is 18.4. The lowest BCUT2D eigenvalue weighted by Crippen LogP contribution is -2.49. The van der Waals surface area contributed by atoms with Crippen molar-refractivity contribution >= 4 is 38.6 Å². The Labute approximate surface area is 305 Å². The lowest BCUT2D eigenvalue weighted by molar-refractivity contribution is -0.128. The molecule has 6 rings (SSSR count). The highest BCUT2D eigenvalue weighted by Crippen LogP contribution is 2.42. The van der Waals surface area contributed by atoms with Crippen LogP contribution in [0.15, 0.2) is 65.6 Å².